The minimum Gasteiger partial charge on any atom is -0.337 e. The molecule has 1 aromatic carbocycles. The van der Waals surface area contributed by atoms with Gasteiger partial charge < -0.3 is 10.2 Å². The van der Waals surface area contributed by atoms with Gasteiger partial charge in [-0.3, -0.25) is 5.10 Å². The fraction of sp³-hybridized carbons (Fsp3) is 0.333. The molecule has 0 aliphatic carbocycles. The number of benzene rings is 1. The van der Waals surface area contributed by atoms with E-state index in [-0.39, 0.29) is 0 Å². The number of nitrogens with one attached hydrogen (secondary N) is 2. The summed E-state index contributed by atoms with van der Waals surface area (Å²) in [5, 5.41) is 11.2. The van der Waals surface area contributed by atoms with Crippen molar-refractivity contribution in [1.29, 1.82) is 0 Å². The van der Waals surface area contributed by atoms with Gasteiger partial charge in [-0.25, -0.2) is 0 Å². The number of rotatable bonds is 2. The van der Waals surface area contributed by atoms with Crippen LogP contribution in [0.3, 0.4) is 0 Å². The third-order valence-electron chi connectivity index (χ3n) is 3.01. The van der Waals surface area contributed by atoms with Gasteiger partial charge in [0.1, 0.15) is 0 Å². The highest BCUT2D eigenvalue weighted by atomic mass is 79.9. The largest absolute Gasteiger partial charge is 0.337 e. The van der Waals surface area contributed by atoms with Gasteiger partial charge in [-0.15, -0.1) is 5.10 Å². The van der Waals surface area contributed by atoms with E-state index in [1.165, 1.54) is 0 Å². The van der Waals surface area contributed by atoms with E-state index < -0.39 is 0 Å². The molecular weight excluding hydrogens is 330 g/mol. The fourth-order valence-electron chi connectivity index (χ4n) is 2.08. The minimum atomic E-state index is 0.671. The molecule has 2 N–H and O–H groups in total. The lowest BCUT2D eigenvalue weighted by atomic mass is 10.2. The summed E-state index contributed by atoms with van der Waals surface area (Å²) in [6.07, 6.45) is 0. The molecule has 0 spiro atoms. The first kappa shape index (κ1) is 12.9. The van der Waals surface area contributed by atoms with Gasteiger partial charge in [0.05, 0.1) is 0 Å². The third kappa shape index (κ3) is 2.91. The standard InChI is InChI=1S/C12H13BrClN5/c13-9-5-8(6-10(14)7-9)11-16-12(18-17-11)19-3-1-15-2-4-19/h5-7,15H,1-4H2,(H,16,17,18). The van der Waals surface area contributed by atoms with Crippen LogP contribution in [-0.4, -0.2) is 41.4 Å². The molecule has 0 amide bonds. The molecule has 2 heterocycles. The average molecular weight is 343 g/mol. The van der Waals surface area contributed by atoms with E-state index in [4.69, 9.17) is 11.6 Å². The van der Waals surface area contributed by atoms with Gasteiger partial charge in [0.25, 0.3) is 0 Å². The number of anilines is 1. The van der Waals surface area contributed by atoms with E-state index in [1.54, 1.807) is 0 Å². The lowest BCUT2D eigenvalue weighted by Crippen LogP contribution is -2.44. The van der Waals surface area contributed by atoms with Crippen molar-refractivity contribution >= 4 is 33.5 Å². The number of hydrogen-bond donors (Lipinski definition) is 2. The monoisotopic (exact) mass is 341 g/mol. The summed E-state index contributed by atoms with van der Waals surface area (Å²) in [5.41, 5.74) is 0.924. The van der Waals surface area contributed by atoms with E-state index >= 15 is 0 Å². The molecule has 5 nitrogen and oxygen atoms in total. The molecular formula is C12H13BrClN5. The molecule has 2 aromatic rings. The zero-order valence-corrected chi connectivity index (χ0v) is 12.5. The van der Waals surface area contributed by atoms with Crippen LogP contribution in [0.4, 0.5) is 5.95 Å². The summed E-state index contributed by atoms with van der Waals surface area (Å²) < 4.78 is 0.926. The van der Waals surface area contributed by atoms with E-state index in [1.807, 2.05) is 18.2 Å². The summed E-state index contributed by atoms with van der Waals surface area (Å²) in [6.45, 7) is 3.78. The maximum Gasteiger partial charge on any atom is 0.245 e. The summed E-state index contributed by atoms with van der Waals surface area (Å²) in [4.78, 5) is 6.70. The Hall–Kier alpha value is -1.11. The van der Waals surface area contributed by atoms with Crippen LogP contribution in [0.5, 0.6) is 0 Å². The first-order valence-electron chi connectivity index (χ1n) is 6.07. The van der Waals surface area contributed by atoms with Gasteiger partial charge in [0.2, 0.25) is 5.95 Å². The Balaban J connectivity index is 1.87. The predicted molar refractivity (Wildman–Crippen MR) is 79.6 cm³/mol. The molecule has 1 aliphatic heterocycles. The van der Waals surface area contributed by atoms with Gasteiger partial charge >= 0.3 is 0 Å². The molecule has 3 rings (SSSR count). The van der Waals surface area contributed by atoms with Crippen molar-refractivity contribution in [2.75, 3.05) is 31.1 Å². The molecule has 0 unspecified atom stereocenters. The molecule has 0 atom stereocenters. The van der Waals surface area contributed by atoms with Crippen molar-refractivity contribution in [1.82, 2.24) is 20.5 Å². The first-order chi connectivity index (χ1) is 9.22. The highest BCUT2D eigenvalue weighted by Crippen LogP contribution is 2.26. The van der Waals surface area contributed by atoms with Crippen LogP contribution >= 0.6 is 27.5 Å². The third-order valence-corrected chi connectivity index (χ3v) is 3.69. The van der Waals surface area contributed by atoms with E-state index in [9.17, 15) is 0 Å². The van der Waals surface area contributed by atoms with E-state index in [0.29, 0.717) is 5.02 Å². The average Bonchev–Trinajstić information content (AvgIpc) is 2.88. The normalized spacial score (nSPS) is 15.8. The van der Waals surface area contributed by atoms with E-state index in [0.717, 1.165) is 48.0 Å². The van der Waals surface area contributed by atoms with Gasteiger partial charge in [-0.05, 0) is 18.2 Å². The topological polar surface area (TPSA) is 56.8 Å². The second-order valence-corrected chi connectivity index (χ2v) is 5.73. The van der Waals surface area contributed by atoms with Crippen LogP contribution in [0.25, 0.3) is 11.4 Å². The van der Waals surface area contributed by atoms with E-state index in [2.05, 4.69) is 41.3 Å². The molecule has 0 bridgehead atoms. The molecule has 0 saturated carbocycles. The van der Waals surface area contributed by atoms with Gasteiger partial charge in [0, 0.05) is 41.2 Å². The second kappa shape index (κ2) is 5.48. The minimum absolute atomic E-state index is 0.671. The summed E-state index contributed by atoms with van der Waals surface area (Å²) in [5.74, 6) is 1.48. The Morgan fingerprint density at radius 1 is 1.21 bits per heavy atom. The zero-order valence-electron chi connectivity index (χ0n) is 10.2. The number of aromatic nitrogens is 3. The van der Waals surface area contributed by atoms with Crippen molar-refractivity contribution in [2.45, 2.75) is 0 Å². The number of aromatic amines is 1. The summed E-state index contributed by atoms with van der Waals surface area (Å²) in [7, 11) is 0. The Kier molecular flexibility index (Phi) is 3.72. The van der Waals surface area contributed by atoms with Crippen LogP contribution in [0, 0.1) is 0 Å². The molecule has 1 aromatic heterocycles. The van der Waals surface area contributed by atoms with Crippen molar-refractivity contribution in [3.63, 3.8) is 0 Å². The fourth-order valence-corrected chi connectivity index (χ4v) is 2.94. The summed E-state index contributed by atoms with van der Waals surface area (Å²) in [6, 6.07) is 5.68. The van der Waals surface area contributed by atoms with Crippen LogP contribution in [0.15, 0.2) is 22.7 Å². The van der Waals surface area contributed by atoms with Crippen molar-refractivity contribution in [3.8, 4) is 11.4 Å². The molecule has 19 heavy (non-hydrogen) atoms. The molecule has 1 saturated heterocycles. The van der Waals surface area contributed by atoms with Crippen LogP contribution < -0.4 is 10.2 Å². The Morgan fingerprint density at radius 3 is 2.74 bits per heavy atom. The lowest BCUT2D eigenvalue weighted by Gasteiger charge is -2.25. The second-order valence-electron chi connectivity index (χ2n) is 4.38. The summed E-state index contributed by atoms with van der Waals surface area (Å²) >= 11 is 9.47. The van der Waals surface area contributed by atoms with Crippen molar-refractivity contribution < 1.29 is 0 Å². The van der Waals surface area contributed by atoms with Gasteiger partial charge in [-0.1, -0.05) is 27.5 Å². The van der Waals surface area contributed by atoms with Gasteiger partial charge in [0.15, 0.2) is 5.82 Å². The molecule has 1 fully saturated rings. The Bertz CT molecular complexity index is 559. The van der Waals surface area contributed by atoms with Gasteiger partial charge in [-0.2, -0.15) is 4.98 Å². The Morgan fingerprint density at radius 2 is 2.00 bits per heavy atom. The lowest BCUT2D eigenvalue weighted by molar-refractivity contribution is 0.580. The predicted octanol–water partition coefficient (Wildman–Crippen LogP) is 2.30. The number of nitrogens with zero attached hydrogens (tertiary/aromatic N) is 3. The van der Waals surface area contributed by atoms with Crippen molar-refractivity contribution in [2.24, 2.45) is 0 Å². The number of hydrogen-bond acceptors (Lipinski definition) is 4. The SMILES string of the molecule is Clc1cc(Br)cc(-c2nc(N3CCNCC3)n[nH]2)c1. The number of piperazine rings is 1. The molecule has 0 radical (unpaired) electrons. The van der Waals surface area contributed by atoms with Crippen LogP contribution in [-0.2, 0) is 0 Å². The molecule has 1 aliphatic rings. The molecule has 100 valence electrons. The highest BCUT2D eigenvalue weighted by Gasteiger charge is 2.15. The maximum atomic E-state index is 6.04. The molecule has 7 heteroatoms. The maximum absolute atomic E-state index is 6.04. The number of H-pyrrole nitrogens is 1. The Labute approximate surface area is 124 Å². The smallest absolute Gasteiger partial charge is 0.245 e. The highest BCUT2D eigenvalue weighted by molar-refractivity contribution is 9.10. The first-order valence-corrected chi connectivity index (χ1v) is 7.24. The number of halogens is 2. The zero-order chi connectivity index (χ0) is 13.2. The van der Waals surface area contributed by atoms with Crippen LogP contribution in [0.1, 0.15) is 0 Å². The van der Waals surface area contributed by atoms with Crippen LogP contribution in [0.2, 0.25) is 5.02 Å². The van der Waals surface area contributed by atoms with Crippen molar-refractivity contribution in [3.05, 3.63) is 27.7 Å². The quantitative estimate of drug-likeness (QED) is 0.879.